The Morgan fingerprint density at radius 3 is 2.31 bits per heavy atom. The number of amidine groups is 1. The predicted molar refractivity (Wildman–Crippen MR) is 58.3 cm³/mol. The van der Waals surface area contributed by atoms with E-state index in [2.05, 4.69) is 4.90 Å². The van der Waals surface area contributed by atoms with Gasteiger partial charge >= 0.3 is 0 Å². The molecule has 1 fully saturated rings. The highest BCUT2D eigenvalue weighted by molar-refractivity contribution is 5.85. The summed E-state index contributed by atoms with van der Waals surface area (Å²) in [6, 6.07) is 0. The Balaban J connectivity index is 0. The number of nitrogens with zero attached hydrogens (tertiary/aromatic N) is 1. The second-order valence-corrected chi connectivity index (χ2v) is 2.73. The molecule has 3 N–H and O–H groups in total. The molecule has 0 unspecified atom stereocenters. The summed E-state index contributed by atoms with van der Waals surface area (Å²) in [4.78, 5) is 2.27. The zero-order valence-electron chi connectivity index (χ0n) is 7.49. The van der Waals surface area contributed by atoms with Crippen molar-refractivity contribution in [2.75, 3.05) is 32.8 Å². The Kier molecular flexibility index (Phi) is 10.2. The molecule has 0 aliphatic carbocycles. The summed E-state index contributed by atoms with van der Waals surface area (Å²) in [5, 5.41) is 7.03. The molecule has 13 heavy (non-hydrogen) atoms. The van der Waals surface area contributed by atoms with Crippen molar-refractivity contribution in [3.8, 4) is 0 Å². The standard InChI is InChI=1S/C7H15N3O.2ClH/c8-7(9)1-2-10-3-5-11-6-4-10;;/h1-6H2,(H3,8,9);2*1H. The number of rotatable bonds is 3. The third-order valence-corrected chi connectivity index (χ3v) is 1.80. The van der Waals surface area contributed by atoms with Gasteiger partial charge in [-0.25, -0.2) is 0 Å². The van der Waals surface area contributed by atoms with Gasteiger partial charge in [-0.05, 0) is 0 Å². The summed E-state index contributed by atoms with van der Waals surface area (Å²) in [5.41, 5.74) is 5.23. The van der Waals surface area contributed by atoms with Gasteiger partial charge in [-0.2, -0.15) is 0 Å². The molecular formula is C7H17Cl2N3O. The maximum absolute atomic E-state index is 7.03. The van der Waals surface area contributed by atoms with Crippen LogP contribution in [0.1, 0.15) is 6.42 Å². The van der Waals surface area contributed by atoms with E-state index in [1.54, 1.807) is 0 Å². The van der Waals surface area contributed by atoms with Crippen LogP contribution in [0.3, 0.4) is 0 Å². The molecule has 4 nitrogen and oxygen atoms in total. The number of ether oxygens (including phenoxy) is 1. The Hall–Kier alpha value is -0.0300. The van der Waals surface area contributed by atoms with Crippen LogP contribution in [-0.2, 0) is 4.74 Å². The van der Waals surface area contributed by atoms with Gasteiger partial charge in [0.15, 0.2) is 0 Å². The molecule has 1 aliphatic rings. The Morgan fingerprint density at radius 1 is 1.31 bits per heavy atom. The lowest BCUT2D eigenvalue weighted by molar-refractivity contribution is 0.0391. The molecule has 0 atom stereocenters. The van der Waals surface area contributed by atoms with Crippen LogP contribution in [0.5, 0.6) is 0 Å². The highest BCUT2D eigenvalue weighted by atomic mass is 35.5. The highest BCUT2D eigenvalue weighted by Crippen LogP contribution is 1.96. The largest absolute Gasteiger partial charge is 0.388 e. The van der Waals surface area contributed by atoms with Crippen molar-refractivity contribution < 1.29 is 4.74 Å². The monoisotopic (exact) mass is 229 g/mol. The summed E-state index contributed by atoms with van der Waals surface area (Å²) in [6.07, 6.45) is 0.681. The molecule has 0 spiro atoms. The maximum Gasteiger partial charge on any atom is 0.0918 e. The van der Waals surface area contributed by atoms with Crippen molar-refractivity contribution >= 4 is 30.6 Å². The molecule has 1 aliphatic heterocycles. The van der Waals surface area contributed by atoms with E-state index < -0.39 is 0 Å². The van der Waals surface area contributed by atoms with Crippen LogP contribution in [-0.4, -0.2) is 43.6 Å². The zero-order chi connectivity index (χ0) is 8.10. The van der Waals surface area contributed by atoms with Gasteiger partial charge in [-0.1, -0.05) is 0 Å². The van der Waals surface area contributed by atoms with E-state index in [0.717, 1.165) is 32.8 Å². The topological polar surface area (TPSA) is 62.3 Å². The van der Waals surface area contributed by atoms with Gasteiger partial charge in [0.1, 0.15) is 0 Å². The van der Waals surface area contributed by atoms with Crippen molar-refractivity contribution in [3.05, 3.63) is 0 Å². The SMILES string of the molecule is Cl.Cl.N=C(N)CCN1CCOCC1. The van der Waals surface area contributed by atoms with Gasteiger partial charge in [0.2, 0.25) is 0 Å². The summed E-state index contributed by atoms with van der Waals surface area (Å²) in [7, 11) is 0. The van der Waals surface area contributed by atoms with Gasteiger partial charge < -0.3 is 10.5 Å². The Morgan fingerprint density at radius 2 is 1.85 bits per heavy atom. The number of nitrogens with two attached hydrogens (primary N) is 1. The number of morpholine rings is 1. The second kappa shape index (κ2) is 8.56. The van der Waals surface area contributed by atoms with Crippen LogP contribution in [0.25, 0.3) is 0 Å². The van der Waals surface area contributed by atoms with E-state index in [-0.39, 0.29) is 30.6 Å². The number of halogens is 2. The number of nitrogens with one attached hydrogen (secondary N) is 1. The summed E-state index contributed by atoms with van der Waals surface area (Å²) in [6.45, 7) is 4.50. The molecule has 6 heteroatoms. The fourth-order valence-corrected chi connectivity index (χ4v) is 1.10. The van der Waals surface area contributed by atoms with Crippen LogP contribution in [0.4, 0.5) is 0 Å². The van der Waals surface area contributed by atoms with E-state index in [9.17, 15) is 0 Å². The summed E-state index contributed by atoms with van der Waals surface area (Å²) < 4.78 is 5.18. The molecule has 1 heterocycles. The lowest BCUT2D eigenvalue weighted by atomic mass is 10.3. The molecule has 0 radical (unpaired) electrons. The minimum atomic E-state index is 0. The second-order valence-electron chi connectivity index (χ2n) is 2.73. The van der Waals surface area contributed by atoms with Crippen molar-refractivity contribution in [1.29, 1.82) is 5.41 Å². The van der Waals surface area contributed by atoms with Gasteiger partial charge in [0, 0.05) is 26.1 Å². The molecule has 0 aromatic carbocycles. The van der Waals surface area contributed by atoms with Crippen molar-refractivity contribution in [2.45, 2.75) is 6.42 Å². The van der Waals surface area contributed by atoms with E-state index >= 15 is 0 Å². The third kappa shape index (κ3) is 7.07. The quantitative estimate of drug-likeness (QED) is 0.547. The van der Waals surface area contributed by atoms with Crippen LogP contribution >= 0.6 is 24.8 Å². The summed E-state index contributed by atoms with van der Waals surface area (Å²) >= 11 is 0. The minimum absolute atomic E-state index is 0. The van der Waals surface area contributed by atoms with Crippen molar-refractivity contribution in [3.63, 3.8) is 0 Å². The fourth-order valence-electron chi connectivity index (χ4n) is 1.10. The molecule has 0 amide bonds. The number of hydrogen-bond acceptors (Lipinski definition) is 3. The van der Waals surface area contributed by atoms with E-state index in [1.807, 2.05) is 0 Å². The fraction of sp³-hybridized carbons (Fsp3) is 0.857. The average molecular weight is 230 g/mol. The zero-order valence-corrected chi connectivity index (χ0v) is 9.12. The van der Waals surface area contributed by atoms with Gasteiger partial charge in [-0.3, -0.25) is 10.3 Å². The van der Waals surface area contributed by atoms with Crippen molar-refractivity contribution in [1.82, 2.24) is 4.90 Å². The van der Waals surface area contributed by atoms with E-state index in [0.29, 0.717) is 6.42 Å². The first-order valence-corrected chi connectivity index (χ1v) is 3.92. The molecule has 80 valence electrons. The number of hydrogen-bond donors (Lipinski definition) is 2. The van der Waals surface area contributed by atoms with Crippen LogP contribution in [0.15, 0.2) is 0 Å². The van der Waals surface area contributed by atoms with Gasteiger partial charge in [0.05, 0.1) is 19.0 Å². The molecule has 0 aromatic rings. The van der Waals surface area contributed by atoms with Gasteiger partial charge in [-0.15, -0.1) is 24.8 Å². The first-order chi connectivity index (χ1) is 5.29. The minimum Gasteiger partial charge on any atom is -0.388 e. The molecular weight excluding hydrogens is 213 g/mol. The first kappa shape index (κ1) is 15.4. The lowest BCUT2D eigenvalue weighted by Crippen LogP contribution is -2.38. The van der Waals surface area contributed by atoms with Crippen LogP contribution in [0, 0.1) is 5.41 Å². The van der Waals surface area contributed by atoms with E-state index in [1.165, 1.54) is 0 Å². The van der Waals surface area contributed by atoms with Crippen molar-refractivity contribution in [2.24, 2.45) is 5.73 Å². The van der Waals surface area contributed by atoms with Crippen LogP contribution in [0.2, 0.25) is 0 Å². The molecule has 1 saturated heterocycles. The molecule has 0 aromatic heterocycles. The normalized spacial score (nSPS) is 16.9. The average Bonchev–Trinajstić information content (AvgIpc) is 2.03. The summed E-state index contributed by atoms with van der Waals surface area (Å²) in [5.74, 6) is 0.275. The van der Waals surface area contributed by atoms with Crippen LogP contribution < -0.4 is 5.73 Å². The molecule has 0 bridgehead atoms. The molecule has 1 rings (SSSR count). The first-order valence-electron chi connectivity index (χ1n) is 3.92. The smallest absolute Gasteiger partial charge is 0.0918 e. The van der Waals surface area contributed by atoms with E-state index in [4.69, 9.17) is 15.9 Å². The Bertz CT molecular complexity index is 140. The maximum atomic E-state index is 7.03. The predicted octanol–water partition coefficient (Wildman–Crippen LogP) is 0.488. The van der Waals surface area contributed by atoms with Gasteiger partial charge in [0.25, 0.3) is 0 Å². The lowest BCUT2D eigenvalue weighted by Gasteiger charge is -2.26. The highest BCUT2D eigenvalue weighted by Gasteiger charge is 2.09. The Labute approximate surface area is 91.1 Å². The molecule has 0 saturated carbocycles. The third-order valence-electron chi connectivity index (χ3n) is 1.80.